The number of carbonyl (C=O) groups excluding carboxylic acids is 2. The molecular formula is C26H22N2O6S. The fourth-order valence-electron chi connectivity index (χ4n) is 3.99. The fraction of sp³-hybridized carbons (Fsp3) is 0.231. The monoisotopic (exact) mass is 490 g/mol. The average molecular weight is 491 g/mol. The van der Waals surface area contributed by atoms with Crippen LogP contribution in [-0.4, -0.2) is 29.6 Å². The number of hydrogen-bond acceptors (Lipinski definition) is 7. The molecule has 2 N–H and O–H groups in total. The molecule has 9 heteroatoms. The number of benzene rings is 1. The Kier molecular flexibility index (Phi) is 7.13. The van der Waals surface area contributed by atoms with Crippen LogP contribution in [0.25, 0.3) is 17.4 Å². The highest BCUT2D eigenvalue weighted by Gasteiger charge is 2.28. The van der Waals surface area contributed by atoms with E-state index in [1.807, 2.05) is 6.07 Å². The van der Waals surface area contributed by atoms with Crippen molar-refractivity contribution in [2.75, 3.05) is 11.9 Å². The van der Waals surface area contributed by atoms with Crippen molar-refractivity contribution >= 4 is 40.3 Å². The molecule has 2 aromatic heterocycles. The van der Waals surface area contributed by atoms with E-state index in [4.69, 9.17) is 9.15 Å². The summed E-state index contributed by atoms with van der Waals surface area (Å²) in [6.07, 6.45) is 4.82. The third kappa shape index (κ3) is 5.03. The van der Waals surface area contributed by atoms with Gasteiger partial charge in [0.15, 0.2) is 0 Å². The Morgan fingerprint density at radius 1 is 1.20 bits per heavy atom. The summed E-state index contributed by atoms with van der Waals surface area (Å²) >= 11 is 1.34. The maximum Gasteiger partial charge on any atom is 0.341 e. The predicted octanol–water partition coefficient (Wildman–Crippen LogP) is 5.31. The molecule has 0 atom stereocenters. The number of carbonyl (C=O) groups is 3. The fourth-order valence-corrected chi connectivity index (χ4v) is 5.27. The Bertz CT molecular complexity index is 1370. The second-order valence-corrected chi connectivity index (χ2v) is 8.92. The molecule has 1 aliphatic rings. The van der Waals surface area contributed by atoms with Crippen LogP contribution >= 0.6 is 11.3 Å². The molecule has 2 heterocycles. The second kappa shape index (κ2) is 10.4. The van der Waals surface area contributed by atoms with Gasteiger partial charge in [-0.15, -0.1) is 11.3 Å². The van der Waals surface area contributed by atoms with Gasteiger partial charge in [-0.05, 0) is 56.4 Å². The van der Waals surface area contributed by atoms with E-state index >= 15 is 0 Å². The van der Waals surface area contributed by atoms with Crippen molar-refractivity contribution in [3.05, 3.63) is 69.3 Å². The van der Waals surface area contributed by atoms with Gasteiger partial charge in [0.2, 0.25) is 0 Å². The minimum Gasteiger partial charge on any atom is -0.478 e. The Labute approximate surface area is 205 Å². The number of anilines is 1. The average Bonchev–Trinajstić information content (AvgIpc) is 3.46. The van der Waals surface area contributed by atoms with Crippen LogP contribution in [0.2, 0.25) is 0 Å². The molecule has 1 aliphatic carbocycles. The molecule has 0 saturated carbocycles. The van der Waals surface area contributed by atoms with Crippen LogP contribution in [0.5, 0.6) is 0 Å². The van der Waals surface area contributed by atoms with Crippen molar-refractivity contribution in [2.45, 2.75) is 32.6 Å². The lowest BCUT2D eigenvalue weighted by molar-refractivity contribution is -0.112. The number of rotatable bonds is 7. The van der Waals surface area contributed by atoms with Crippen molar-refractivity contribution in [3.63, 3.8) is 0 Å². The first-order valence-electron chi connectivity index (χ1n) is 11.1. The maximum absolute atomic E-state index is 12.9. The highest BCUT2D eigenvalue weighted by molar-refractivity contribution is 7.17. The molecule has 178 valence electrons. The Balaban J connectivity index is 1.61. The summed E-state index contributed by atoms with van der Waals surface area (Å²) in [5.74, 6) is -1.76. The molecule has 1 amide bonds. The lowest BCUT2D eigenvalue weighted by atomic mass is 9.95. The van der Waals surface area contributed by atoms with Gasteiger partial charge in [-0.25, -0.2) is 9.59 Å². The van der Waals surface area contributed by atoms with Crippen molar-refractivity contribution < 1.29 is 28.6 Å². The van der Waals surface area contributed by atoms with Crippen LogP contribution in [0, 0.1) is 11.3 Å². The molecule has 0 spiro atoms. The first-order chi connectivity index (χ1) is 16.9. The molecule has 35 heavy (non-hydrogen) atoms. The van der Waals surface area contributed by atoms with Gasteiger partial charge in [-0.3, -0.25) is 4.79 Å². The number of carboxylic acids is 1. The van der Waals surface area contributed by atoms with E-state index in [0.717, 1.165) is 36.1 Å². The molecular weight excluding hydrogens is 468 g/mol. The van der Waals surface area contributed by atoms with E-state index in [2.05, 4.69) is 5.32 Å². The van der Waals surface area contributed by atoms with Gasteiger partial charge < -0.3 is 19.6 Å². The van der Waals surface area contributed by atoms with E-state index in [9.17, 15) is 24.8 Å². The Morgan fingerprint density at radius 3 is 2.71 bits per heavy atom. The zero-order valence-corrected chi connectivity index (χ0v) is 19.7. The standard InChI is InChI=1S/C26H22N2O6S/c1-2-33-26(32)22-19-9-5-6-10-21(19)35-24(22)28-23(29)15(14-27)13-16-11-12-20(34-16)17-7-3-4-8-18(17)25(30)31/h3-4,7-8,11-13H,2,5-6,9-10H2,1H3,(H,28,29)(H,30,31). The summed E-state index contributed by atoms with van der Waals surface area (Å²) in [6.45, 7) is 1.93. The number of fused-ring (bicyclic) bond motifs is 1. The largest absolute Gasteiger partial charge is 0.478 e. The number of aromatic carboxylic acids is 1. The maximum atomic E-state index is 12.9. The van der Waals surface area contributed by atoms with Crippen LogP contribution < -0.4 is 5.32 Å². The van der Waals surface area contributed by atoms with Gasteiger partial charge in [0.1, 0.15) is 28.2 Å². The predicted molar refractivity (Wildman–Crippen MR) is 130 cm³/mol. The molecule has 0 bridgehead atoms. The quantitative estimate of drug-likeness (QED) is 0.261. The number of nitrogens with zero attached hydrogens (tertiary/aromatic N) is 1. The molecule has 1 aromatic carbocycles. The number of nitrogens with one attached hydrogen (secondary N) is 1. The number of hydrogen-bond donors (Lipinski definition) is 2. The summed E-state index contributed by atoms with van der Waals surface area (Å²) in [7, 11) is 0. The molecule has 3 aromatic rings. The summed E-state index contributed by atoms with van der Waals surface area (Å²) < 4.78 is 10.9. The topological polar surface area (TPSA) is 130 Å². The number of carboxylic acid groups (broad SMARTS) is 1. The Hall–Kier alpha value is -4.16. The number of aryl methyl sites for hydroxylation is 1. The SMILES string of the molecule is CCOC(=O)c1c(NC(=O)C(C#N)=Cc2ccc(-c3ccccc3C(=O)O)o2)sc2c1CCCC2. The normalized spacial score (nSPS) is 13.0. The summed E-state index contributed by atoms with van der Waals surface area (Å²) in [5.41, 5.74) is 1.50. The van der Waals surface area contributed by atoms with Crippen LogP contribution in [0.4, 0.5) is 5.00 Å². The van der Waals surface area contributed by atoms with Gasteiger partial charge in [-0.1, -0.05) is 18.2 Å². The third-order valence-corrected chi connectivity index (χ3v) is 6.79. The van der Waals surface area contributed by atoms with Crippen molar-refractivity contribution in [3.8, 4) is 17.4 Å². The van der Waals surface area contributed by atoms with Crippen LogP contribution in [0.1, 0.15) is 56.7 Å². The first-order valence-corrected chi connectivity index (χ1v) is 11.9. The number of esters is 1. The van der Waals surface area contributed by atoms with Crippen LogP contribution in [0.3, 0.4) is 0 Å². The number of ether oxygens (including phenoxy) is 1. The van der Waals surface area contributed by atoms with Crippen LogP contribution in [0.15, 0.2) is 46.4 Å². The van der Waals surface area contributed by atoms with Gasteiger partial charge in [-0.2, -0.15) is 5.26 Å². The first kappa shape index (κ1) is 24.0. The minimum atomic E-state index is -1.10. The molecule has 0 radical (unpaired) electrons. The molecule has 0 aliphatic heterocycles. The van der Waals surface area contributed by atoms with E-state index in [1.54, 1.807) is 37.3 Å². The van der Waals surface area contributed by atoms with E-state index in [1.165, 1.54) is 23.5 Å². The van der Waals surface area contributed by atoms with Crippen LogP contribution in [-0.2, 0) is 22.4 Å². The zero-order valence-electron chi connectivity index (χ0n) is 18.9. The van der Waals surface area contributed by atoms with Crippen molar-refractivity contribution in [1.29, 1.82) is 5.26 Å². The molecule has 0 saturated heterocycles. The third-order valence-electron chi connectivity index (χ3n) is 5.58. The molecule has 4 rings (SSSR count). The molecule has 0 fully saturated rings. The minimum absolute atomic E-state index is 0.0730. The highest BCUT2D eigenvalue weighted by atomic mass is 32.1. The summed E-state index contributed by atoms with van der Waals surface area (Å²) in [5, 5.41) is 22.1. The van der Waals surface area contributed by atoms with Crippen molar-refractivity contribution in [2.24, 2.45) is 0 Å². The Morgan fingerprint density at radius 2 is 1.97 bits per heavy atom. The number of amides is 1. The number of nitriles is 1. The lowest BCUT2D eigenvalue weighted by Crippen LogP contribution is -2.16. The summed E-state index contributed by atoms with van der Waals surface area (Å²) in [4.78, 5) is 38.1. The van der Waals surface area contributed by atoms with Gasteiger partial charge in [0, 0.05) is 16.5 Å². The van der Waals surface area contributed by atoms with Crippen molar-refractivity contribution in [1.82, 2.24) is 0 Å². The lowest BCUT2D eigenvalue weighted by Gasteiger charge is -2.12. The molecule has 8 nitrogen and oxygen atoms in total. The summed E-state index contributed by atoms with van der Waals surface area (Å²) in [6, 6.07) is 11.4. The highest BCUT2D eigenvalue weighted by Crippen LogP contribution is 2.39. The second-order valence-electron chi connectivity index (χ2n) is 7.81. The van der Waals surface area contributed by atoms with Gasteiger partial charge in [0.05, 0.1) is 17.7 Å². The van der Waals surface area contributed by atoms with E-state index < -0.39 is 17.8 Å². The number of thiophene rings is 1. The van der Waals surface area contributed by atoms with E-state index in [0.29, 0.717) is 21.9 Å². The smallest absolute Gasteiger partial charge is 0.341 e. The molecule has 0 unspecified atom stereocenters. The van der Waals surface area contributed by atoms with Gasteiger partial charge in [0.25, 0.3) is 5.91 Å². The number of furan rings is 1. The van der Waals surface area contributed by atoms with E-state index in [-0.39, 0.29) is 23.5 Å². The zero-order chi connectivity index (χ0) is 24.9. The van der Waals surface area contributed by atoms with Gasteiger partial charge >= 0.3 is 11.9 Å².